The summed E-state index contributed by atoms with van der Waals surface area (Å²) in [4.78, 5) is 22.9. The third-order valence-corrected chi connectivity index (χ3v) is 7.89. The molecule has 0 radical (unpaired) electrons. The summed E-state index contributed by atoms with van der Waals surface area (Å²) in [5, 5.41) is 12.6. The molecule has 2 heterocycles. The van der Waals surface area contributed by atoms with Gasteiger partial charge in [-0.3, -0.25) is 5.21 Å². The maximum absolute atomic E-state index is 12.7. The molecule has 6 rings (SSSR count). The van der Waals surface area contributed by atoms with E-state index in [0.29, 0.717) is 24.3 Å². The Hall–Kier alpha value is -4.98. The number of carbonyl (C=O) groups excluding carboxylic acids is 1. The van der Waals surface area contributed by atoms with Gasteiger partial charge in [0.15, 0.2) is 0 Å². The van der Waals surface area contributed by atoms with Crippen molar-refractivity contribution in [1.82, 2.24) is 15.3 Å². The van der Waals surface area contributed by atoms with E-state index >= 15 is 0 Å². The molecule has 1 aliphatic rings. The number of amides is 1. The van der Waals surface area contributed by atoms with Gasteiger partial charge in [0.2, 0.25) is 12.4 Å². The van der Waals surface area contributed by atoms with Gasteiger partial charge in [0.25, 0.3) is 0 Å². The highest BCUT2D eigenvalue weighted by Gasteiger charge is 2.41. The van der Waals surface area contributed by atoms with Gasteiger partial charge >= 0.3 is 6.09 Å². The molecule has 0 aliphatic heterocycles. The molecule has 1 amide bonds. The summed E-state index contributed by atoms with van der Waals surface area (Å²) in [6, 6.07) is 27.8. The third kappa shape index (κ3) is 6.34. The standard InChI is InChI=1S/C36H36N4O4/c1-35(2,3)44-34(41)39-36(20-8-21-36)28-15-13-27(14-16-28)32-31(26-9-5-4-6-10-26)37-29-11-7-12-30(33(29)38-32)43-24-19-25-17-22-40(42)23-18-25/h4-7,9-18,22-23H,8,19-21,24H2,1-3H3,(H-,39,41,42)/p+1. The molecule has 3 aromatic carbocycles. The number of nitrogens with one attached hydrogen (secondary N) is 1. The van der Waals surface area contributed by atoms with Crippen LogP contribution in [0.2, 0.25) is 0 Å². The van der Waals surface area contributed by atoms with Gasteiger partial charge in [0.1, 0.15) is 16.9 Å². The fourth-order valence-corrected chi connectivity index (χ4v) is 5.52. The predicted molar refractivity (Wildman–Crippen MR) is 168 cm³/mol. The second-order valence-electron chi connectivity index (χ2n) is 12.2. The largest absolute Gasteiger partial charge is 0.491 e. The third-order valence-electron chi connectivity index (χ3n) is 7.89. The van der Waals surface area contributed by atoms with Gasteiger partial charge in [-0.15, -0.1) is 0 Å². The molecule has 1 saturated carbocycles. The highest BCUT2D eigenvalue weighted by atomic mass is 16.6. The molecule has 0 unspecified atom stereocenters. The average molecular weight is 590 g/mol. The van der Waals surface area contributed by atoms with Crippen molar-refractivity contribution >= 4 is 17.1 Å². The highest BCUT2D eigenvalue weighted by molar-refractivity contribution is 5.89. The van der Waals surface area contributed by atoms with Crippen molar-refractivity contribution in [3.05, 3.63) is 108 Å². The van der Waals surface area contributed by atoms with Crippen molar-refractivity contribution in [2.45, 2.75) is 57.6 Å². The number of ether oxygens (including phenoxy) is 2. The molecule has 1 fully saturated rings. The number of nitrogens with zero attached hydrogens (tertiary/aromatic N) is 3. The van der Waals surface area contributed by atoms with Crippen LogP contribution in [0.1, 0.15) is 51.2 Å². The molecular formula is C36H37N4O4+. The Balaban J connectivity index is 1.33. The van der Waals surface area contributed by atoms with Gasteiger partial charge < -0.3 is 14.8 Å². The van der Waals surface area contributed by atoms with Crippen LogP contribution in [0.5, 0.6) is 5.75 Å². The zero-order valence-electron chi connectivity index (χ0n) is 25.3. The maximum atomic E-state index is 12.7. The Kier molecular flexibility index (Phi) is 7.91. The molecule has 8 heteroatoms. The lowest BCUT2D eigenvalue weighted by molar-refractivity contribution is -0.904. The summed E-state index contributed by atoms with van der Waals surface area (Å²) < 4.78 is 12.8. The Morgan fingerprint density at radius 2 is 1.57 bits per heavy atom. The summed E-state index contributed by atoms with van der Waals surface area (Å²) >= 11 is 0. The number of carbonyl (C=O) groups is 1. The first-order valence-electron chi connectivity index (χ1n) is 15.0. The van der Waals surface area contributed by atoms with Crippen LogP contribution in [0.3, 0.4) is 0 Å². The molecule has 44 heavy (non-hydrogen) atoms. The average Bonchev–Trinajstić information content (AvgIpc) is 2.99. The van der Waals surface area contributed by atoms with Crippen molar-refractivity contribution in [3.63, 3.8) is 0 Å². The molecule has 2 N–H and O–H groups in total. The minimum absolute atomic E-state index is 0.398. The normalized spacial score (nSPS) is 14.1. The topological polar surface area (TPSA) is 97.5 Å². The van der Waals surface area contributed by atoms with Crippen molar-refractivity contribution in [1.29, 1.82) is 0 Å². The number of benzene rings is 3. The molecule has 0 spiro atoms. The fraction of sp³-hybridized carbons (Fsp3) is 0.278. The van der Waals surface area contributed by atoms with E-state index in [-0.39, 0.29) is 0 Å². The lowest BCUT2D eigenvalue weighted by atomic mass is 9.71. The van der Waals surface area contributed by atoms with Gasteiger partial charge in [-0.25, -0.2) is 14.8 Å². The van der Waals surface area contributed by atoms with Gasteiger partial charge in [-0.2, -0.15) is 0 Å². The van der Waals surface area contributed by atoms with E-state index in [1.165, 1.54) is 0 Å². The molecule has 5 aromatic rings. The first-order chi connectivity index (χ1) is 21.2. The van der Waals surface area contributed by atoms with E-state index in [1.54, 1.807) is 12.4 Å². The minimum atomic E-state index is -0.561. The molecular weight excluding hydrogens is 552 g/mol. The van der Waals surface area contributed by atoms with Crippen molar-refractivity contribution in [2.75, 3.05) is 6.61 Å². The van der Waals surface area contributed by atoms with Gasteiger partial charge in [0, 0.05) is 34.4 Å². The predicted octanol–water partition coefficient (Wildman–Crippen LogP) is 7.01. The summed E-state index contributed by atoms with van der Waals surface area (Å²) in [5.41, 5.74) is 5.98. The van der Waals surface area contributed by atoms with Crippen molar-refractivity contribution in [2.24, 2.45) is 0 Å². The van der Waals surface area contributed by atoms with E-state index < -0.39 is 17.2 Å². The van der Waals surface area contributed by atoms with Crippen LogP contribution in [0, 0.1) is 0 Å². The number of alkyl carbamates (subject to hydrolysis) is 1. The van der Waals surface area contributed by atoms with Crippen LogP contribution in [0.25, 0.3) is 33.5 Å². The SMILES string of the molecule is CC(C)(C)OC(=O)NC1(c2ccc(-c3nc4c(OCCc5cc[n+](O)cc5)cccc4nc3-c3ccccc3)cc2)CCC1. The molecule has 224 valence electrons. The second kappa shape index (κ2) is 12.0. The Morgan fingerprint density at radius 1 is 0.886 bits per heavy atom. The molecule has 1 aliphatic carbocycles. The number of para-hydroxylation sites is 1. The minimum Gasteiger partial charge on any atom is -0.491 e. The quantitative estimate of drug-likeness (QED) is 0.149. The zero-order valence-corrected chi connectivity index (χ0v) is 25.3. The van der Waals surface area contributed by atoms with Crippen LogP contribution in [-0.4, -0.2) is 33.5 Å². The second-order valence-corrected chi connectivity index (χ2v) is 12.2. The van der Waals surface area contributed by atoms with Crippen LogP contribution < -0.4 is 14.8 Å². The first kappa shape index (κ1) is 29.1. The molecule has 0 bridgehead atoms. The highest BCUT2D eigenvalue weighted by Crippen LogP contribution is 2.42. The van der Waals surface area contributed by atoms with Crippen LogP contribution in [0.4, 0.5) is 4.79 Å². The summed E-state index contributed by atoms with van der Waals surface area (Å²) in [6.45, 7) is 6.06. The van der Waals surface area contributed by atoms with E-state index in [0.717, 1.165) is 63.2 Å². The van der Waals surface area contributed by atoms with Crippen LogP contribution >= 0.6 is 0 Å². The van der Waals surface area contributed by atoms with Gasteiger partial charge in [0.05, 0.1) is 29.1 Å². The lowest BCUT2D eigenvalue weighted by Crippen LogP contribution is -2.52. The molecule has 0 atom stereocenters. The number of hydrogen-bond acceptors (Lipinski definition) is 6. The number of pyridine rings is 1. The Morgan fingerprint density at radius 3 is 2.23 bits per heavy atom. The fourth-order valence-electron chi connectivity index (χ4n) is 5.52. The van der Waals surface area contributed by atoms with E-state index in [1.807, 2.05) is 81.4 Å². The van der Waals surface area contributed by atoms with Crippen molar-refractivity contribution < 1.29 is 24.2 Å². The van der Waals surface area contributed by atoms with Crippen molar-refractivity contribution in [3.8, 4) is 28.3 Å². The maximum Gasteiger partial charge on any atom is 0.408 e. The van der Waals surface area contributed by atoms with Crippen LogP contribution in [0.15, 0.2) is 97.3 Å². The Labute approximate surface area is 257 Å². The van der Waals surface area contributed by atoms with E-state index in [4.69, 9.17) is 19.4 Å². The molecule has 0 saturated heterocycles. The summed E-state index contributed by atoms with van der Waals surface area (Å²) in [5.74, 6) is 0.663. The van der Waals surface area contributed by atoms with Crippen LogP contribution in [-0.2, 0) is 16.7 Å². The van der Waals surface area contributed by atoms with Gasteiger partial charge in [-0.1, -0.05) is 60.7 Å². The number of aromatic nitrogens is 3. The summed E-state index contributed by atoms with van der Waals surface area (Å²) in [7, 11) is 0. The number of hydrogen-bond donors (Lipinski definition) is 2. The molecule has 2 aromatic heterocycles. The number of fused-ring (bicyclic) bond motifs is 1. The van der Waals surface area contributed by atoms with Gasteiger partial charge in [-0.05, 0) is 63.3 Å². The Bertz CT molecular complexity index is 1760. The lowest BCUT2D eigenvalue weighted by Gasteiger charge is -2.43. The van der Waals surface area contributed by atoms with E-state index in [9.17, 15) is 10.0 Å². The molecule has 8 nitrogen and oxygen atoms in total. The smallest absolute Gasteiger partial charge is 0.408 e. The monoisotopic (exact) mass is 589 g/mol. The number of rotatable bonds is 8. The first-order valence-corrected chi connectivity index (χ1v) is 15.0. The summed E-state index contributed by atoms with van der Waals surface area (Å²) in [6.07, 6.45) is 6.25. The zero-order chi connectivity index (χ0) is 30.7. The van der Waals surface area contributed by atoms with E-state index in [2.05, 4.69) is 29.6 Å².